The Morgan fingerprint density at radius 2 is 1.82 bits per heavy atom. The van der Waals surface area contributed by atoms with E-state index in [4.69, 9.17) is 0 Å². The van der Waals surface area contributed by atoms with E-state index in [0.717, 1.165) is 32.1 Å². The van der Waals surface area contributed by atoms with Gasteiger partial charge in [-0.05, 0) is 45.0 Å². The average Bonchev–Trinajstić information content (AvgIpc) is 2.80. The monoisotopic (exact) mass is 238 g/mol. The smallest absolute Gasteiger partial charge is 0.0615 e. The second-order valence-corrected chi connectivity index (χ2v) is 4.99. The fourth-order valence-electron chi connectivity index (χ4n) is 1.67. The fourth-order valence-corrected chi connectivity index (χ4v) is 1.67. The van der Waals surface area contributed by atoms with Crippen LogP contribution in [0.15, 0.2) is 18.5 Å². The summed E-state index contributed by atoms with van der Waals surface area (Å²) in [6, 6.07) is 2.39. The predicted molar refractivity (Wildman–Crippen MR) is 72.1 cm³/mol. The van der Waals surface area contributed by atoms with Gasteiger partial charge in [0.15, 0.2) is 0 Å². The molecular weight excluding hydrogens is 212 g/mol. The summed E-state index contributed by atoms with van der Waals surface area (Å²) in [5.74, 6) is 0.739. The number of hydrogen-bond donors (Lipinski definition) is 2. The molecule has 1 aromatic rings. The minimum Gasteiger partial charge on any atom is -0.316 e. The zero-order valence-corrected chi connectivity index (χ0v) is 11.3. The second-order valence-electron chi connectivity index (χ2n) is 4.99. The van der Waals surface area contributed by atoms with E-state index in [2.05, 4.69) is 36.5 Å². The molecule has 0 saturated heterocycles. The Morgan fingerprint density at radius 3 is 2.41 bits per heavy atom. The lowest BCUT2D eigenvalue weighted by Crippen LogP contribution is -2.28. The number of hydrogen-bond acceptors (Lipinski definition) is 3. The molecule has 4 nitrogen and oxygen atoms in total. The summed E-state index contributed by atoms with van der Waals surface area (Å²) < 4.78 is 1.99. The van der Waals surface area contributed by atoms with Gasteiger partial charge in [-0.15, -0.1) is 0 Å². The molecule has 0 aliphatic rings. The molecule has 0 aliphatic heterocycles. The quantitative estimate of drug-likeness (QED) is 0.643. The first-order valence-corrected chi connectivity index (χ1v) is 6.60. The summed E-state index contributed by atoms with van der Waals surface area (Å²) in [5.41, 5.74) is 0. The molecule has 1 atom stereocenters. The van der Waals surface area contributed by atoms with E-state index in [0.29, 0.717) is 6.04 Å². The van der Waals surface area contributed by atoms with Crippen molar-refractivity contribution >= 4 is 0 Å². The lowest BCUT2D eigenvalue weighted by atomic mass is 10.2. The van der Waals surface area contributed by atoms with E-state index < -0.39 is 0 Å². The van der Waals surface area contributed by atoms with Gasteiger partial charge < -0.3 is 10.6 Å². The SMILES string of the molecule is CC(C)CNCCCNCC(C)n1cccn1. The molecule has 2 N–H and O–H groups in total. The van der Waals surface area contributed by atoms with Crippen LogP contribution in [0, 0.1) is 5.92 Å². The number of nitrogens with one attached hydrogen (secondary N) is 2. The van der Waals surface area contributed by atoms with Gasteiger partial charge >= 0.3 is 0 Å². The normalized spacial score (nSPS) is 13.2. The van der Waals surface area contributed by atoms with Crippen LogP contribution in [0.25, 0.3) is 0 Å². The minimum absolute atomic E-state index is 0.425. The largest absolute Gasteiger partial charge is 0.316 e. The van der Waals surface area contributed by atoms with Crippen molar-refractivity contribution in [1.82, 2.24) is 20.4 Å². The molecule has 98 valence electrons. The molecule has 0 aromatic carbocycles. The molecule has 1 heterocycles. The van der Waals surface area contributed by atoms with Crippen LogP contribution in [0.4, 0.5) is 0 Å². The first kappa shape index (κ1) is 14.2. The van der Waals surface area contributed by atoms with Gasteiger partial charge in [-0.25, -0.2) is 0 Å². The minimum atomic E-state index is 0.425. The van der Waals surface area contributed by atoms with Crippen molar-refractivity contribution in [2.45, 2.75) is 33.2 Å². The Kier molecular flexibility index (Phi) is 6.89. The van der Waals surface area contributed by atoms with Crippen molar-refractivity contribution in [3.63, 3.8) is 0 Å². The lowest BCUT2D eigenvalue weighted by molar-refractivity contribution is 0.447. The third kappa shape index (κ3) is 6.44. The number of aromatic nitrogens is 2. The van der Waals surface area contributed by atoms with Crippen molar-refractivity contribution in [2.75, 3.05) is 26.2 Å². The molecule has 1 rings (SSSR count). The van der Waals surface area contributed by atoms with Gasteiger partial charge in [0.25, 0.3) is 0 Å². The fraction of sp³-hybridized carbons (Fsp3) is 0.769. The van der Waals surface area contributed by atoms with Crippen molar-refractivity contribution in [2.24, 2.45) is 5.92 Å². The maximum absolute atomic E-state index is 4.23. The average molecular weight is 238 g/mol. The van der Waals surface area contributed by atoms with E-state index in [1.807, 2.05) is 23.1 Å². The highest BCUT2D eigenvalue weighted by Gasteiger charge is 2.02. The number of rotatable bonds is 9. The van der Waals surface area contributed by atoms with Crippen molar-refractivity contribution in [3.8, 4) is 0 Å². The first-order chi connectivity index (χ1) is 8.20. The van der Waals surface area contributed by atoms with Gasteiger partial charge in [0.2, 0.25) is 0 Å². The Morgan fingerprint density at radius 1 is 1.12 bits per heavy atom. The summed E-state index contributed by atoms with van der Waals surface area (Å²) in [4.78, 5) is 0. The molecule has 17 heavy (non-hydrogen) atoms. The van der Waals surface area contributed by atoms with Gasteiger partial charge in [0.05, 0.1) is 6.04 Å². The van der Waals surface area contributed by atoms with Gasteiger partial charge in [0, 0.05) is 18.9 Å². The summed E-state index contributed by atoms with van der Waals surface area (Å²) in [7, 11) is 0. The summed E-state index contributed by atoms with van der Waals surface area (Å²) in [5, 5.41) is 11.1. The van der Waals surface area contributed by atoms with Crippen LogP contribution in [-0.2, 0) is 0 Å². The topological polar surface area (TPSA) is 41.9 Å². The van der Waals surface area contributed by atoms with Crippen LogP contribution in [0.1, 0.15) is 33.2 Å². The molecule has 1 aromatic heterocycles. The summed E-state index contributed by atoms with van der Waals surface area (Å²) in [6.45, 7) is 10.9. The van der Waals surface area contributed by atoms with Crippen LogP contribution in [0.3, 0.4) is 0 Å². The van der Waals surface area contributed by atoms with E-state index in [-0.39, 0.29) is 0 Å². The maximum Gasteiger partial charge on any atom is 0.0615 e. The Labute approximate surface area is 105 Å². The molecule has 0 fully saturated rings. The van der Waals surface area contributed by atoms with Crippen LogP contribution in [0.2, 0.25) is 0 Å². The van der Waals surface area contributed by atoms with Crippen LogP contribution in [0.5, 0.6) is 0 Å². The highest BCUT2D eigenvalue weighted by molar-refractivity contribution is 4.80. The third-order valence-corrected chi connectivity index (χ3v) is 2.68. The molecule has 4 heteroatoms. The van der Waals surface area contributed by atoms with Crippen molar-refractivity contribution < 1.29 is 0 Å². The van der Waals surface area contributed by atoms with E-state index >= 15 is 0 Å². The number of nitrogens with zero attached hydrogens (tertiary/aromatic N) is 2. The molecule has 0 bridgehead atoms. The van der Waals surface area contributed by atoms with E-state index in [1.165, 1.54) is 6.42 Å². The molecule has 0 aliphatic carbocycles. The van der Waals surface area contributed by atoms with Crippen molar-refractivity contribution in [3.05, 3.63) is 18.5 Å². The first-order valence-electron chi connectivity index (χ1n) is 6.60. The molecule has 0 amide bonds. The third-order valence-electron chi connectivity index (χ3n) is 2.68. The summed E-state index contributed by atoms with van der Waals surface area (Å²) in [6.07, 6.45) is 5.02. The van der Waals surface area contributed by atoms with E-state index in [9.17, 15) is 0 Å². The standard InChI is InChI=1S/C13H26N4/c1-12(2)10-14-6-4-7-15-11-13(3)17-9-5-8-16-17/h5,8-9,12-15H,4,6-7,10-11H2,1-3H3. The van der Waals surface area contributed by atoms with Gasteiger partial charge in [0.1, 0.15) is 0 Å². The molecule has 1 unspecified atom stereocenters. The molecular formula is C13H26N4. The van der Waals surface area contributed by atoms with Gasteiger partial charge in [-0.3, -0.25) is 4.68 Å². The zero-order chi connectivity index (χ0) is 12.5. The van der Waals surface area contributed by atoms with Gasteiger partial charge in [-0.2, -0.15) is 5.10 Å². The Bertz CT molecular complexity index is 269. The summed E-state index contributed by atoms with van der Waals surface area (Å²) >= 11 is 0. The van der Waals surface area contributed by atoms with Crippen LogP contribution >= 0.6 is 0 Å². The molecule has 0 saturated carbocycles. The Balaban J connectivity index is 1.94. The second kappa shape index (κ2) is 8.25. The zero-order valence-electron chi connectivity index (χ0n) is 11.3. The predicted octanol–water partition coefficient (Wildman–Crippen LogP) is 1.67. The molecule has 0 spiro atoms. The maximum atomic E-state index is 4.23. The van der Waals surface area contributed by atoms with Crippen molar-refractivity contribution in [1.29, 1.82) is 0 Å². The highest BCUT2D eigenvalue weighted by Crippen LogP contribution is 2.00. The highest BCUT2D eigenvalue weighted by atomic mass is 15.3. The van der Waals surface area contributed by atoms with Crippen LogP contribution in [-0.4, -0.2) is 36.0 Å². The molecule has 0 radical (unpaired) electrons. The Hall–Kier alpha value is -0.870. The van der Waals surface area contributed by atoms with Crippen LogP contribution < -0.4 is 10.6 Å². The lowest BCUT2D eigenvalue weighted by Gasteiger charge is -2.13. The van der Waals surface area contributed by atoms with Gasteiger partial charge in [-0.1, -0.05) is 13.8 Å². The van der Waals surface area contributed by atoms with E-state index in [1.54, 1.807) is 0 Å².